The summed E-state index contributed by atoms with van der Waals surface area (Å²) in [5.41, 5.74) is 0.390. The third-order valence-electron chi connectivity index (χ3n) is 4.16. The molecule has 0 saturated carbocycles. The van der Waals surface area contributed by atoms with Crippen LogP contribution in [-0.2, 0) is 17.1 Å². The zero-order chi connectivity index (χ0) is 21.3. The highest BCUT2D eigenvalue weighted by molar-refractivity contribution is 7.92. The minimum Gasteiger partial charge on any atom is -0.439 e. The first-order chi connectivity index (χ1) is 14.3. The molecule has 0 saturated heterocycles. The van der Waals surface area contributed by atoms with Gasteiger partial charge in [-0.05, 0) is 38.1 Å². The molecule has 0 aliphatic rings. The molecule has 0 spiro atoms. The van der Waals surface area contributed by atoms with Gasteiger partial charge in [-0.15, -0.1) is 0 Å². The van der Waals surface area contributed by atoms with Crippen molar-refractivity contribution in [3.63, 3.8) is 0 Å². The molecule has 4 rings (SSSR count). The van der Waals surface area contributed by atoms with Gasteiger partial charge in [0.1, 0.15) is 23.2 Å². The maximum Gasteiger partial charge on any atom is 0.280 e. The van der Waals surface area contributed by atoms with Gasteiger partial charge in [0.05, 0.1) is 6.33 Å². The Morgan fingerprint density at radius 3 is 2.47 bits per heavy atom. The minimum absolute atomic E-state index is 0.0517. The van der Waals surface area contributed by atoms with Gasteiger partial charge in [0.25, 0.3) is 10.0 Å². The Labute approximate surface area is 173 Å². The van der Waals surface area contributed by atoms with Crippen molar-refractivity contribution in [3.05, 3.63) is 66.9 Å². The fourth-order valence-electron chi connectivity index (χ4n) is 2.77. The average Bonchev–Trinajstić information content (AvgIpc) is 3.31. The van der Waals surface area contributed by atoms with Crippen molar-refractivity contribution in [2.75, 3.05) is 4.72 Å². The zero-order valence-corrected chi connectivity index (χ0v) is 17.3. The predicted octanol–water partition coefficient (Wildman–Crippen LogP) is 2.61. The van der Waals surface area contributed by atoms with Crippen LogP contribution in [0.5, 0.6) is 11.6 Å². The Kier molecular flexibility index (Phi) is 4.96. The number of benzene rings is 1. The molecule has 0 amide bonds. The van der Waals surface area contributed by atoms with Crippen molar-refractivity contribution in [3.8, 4) is 17.4 Å². The van der Waals surface area contributed by atoms with E-state index in [0.29, 0.717) is 29.0 Å². The molecule has 0 aliphatic carbocycles. The van der Waals surface area contributed by atoms with E-state index in [9.17, 15) is 8.42 Å². The number of hydrogen-bond acceptors (Lipinski definition) is 7. The van der Waals surface area contributed by atoms with Crippen molar-refractivity contribution in [1.82, 2.24) is 29.1 Å². The van der Waals surface area contributed by atoms with Gasteiger partial charge < -0.3 is 9.30 Å². The lowest BCUT2D eigenvalue weighted by Gasteiger charge is -2.10. The van der Waals surface area contributed by atoms with E-state index >= 15 is 0 Å². The molecule has 0 aliphatic heterocycles. The number of sulfonamides is 1. The smallest absolute Gasteiger partial charge is 0.280 e. The number of ether oxygens (including phenoxy) is 1. The molecule has 0 atom stereocenters. The second-order valence-electron chi connectivity index (χ2n) is 6.57. The third kappa shape index (κ3) is 4.15. The van der Waals surface area contributed by atoms with E-state index < -0.39 is 10.0 Å². The van der Waals surface area contributed by atoms with E-state index in [1.54, 1.807) is 55.1 Å². The number of nitrogens with zero attached hydrogens (tertiary/aromatic N) is 6. The van der Waals surface area contributed by atoms with Crippen LogP contribution in [0.3, 0.4) is 0 Å². The first kappa shape index (κ1) is 19.6. The summed E-state index contributed by atoms with van der Waals surface area (Å²) in [5, 5.41) is -0.0517. The van der Waals surface area contributed by atoms with Crippen molar-refractivity contribution < 1.29 is 13.2 Å². The Hall–Kier alpha value is -3.73. The molecule has 0 radical (unpaired) electrons. The van der Waals surface area contributed by atoms with Gasteiger partial charge in [-0.2, -0.15) is 13.4 Å². The van der Waals surface area contributed by atoms with Gasteiger partial charge in [-0.1, -0.05) is 0 Å². The number of rotatable bonds is 6. The molecule has 10 nitrogen and oxygen atoms in total. The topological polar surface area (TPSA) is 117 Å². The second-order valence-corrected chi connectivity index (χ2v) is 8.19. The molecular weight excluding hydrogens is 406 g/mol. The fourth-order valence-corrected chi connectivity index (χ4v) is 3.81. The van der Waals surface area contributed by atoms with Crippen molar-refractivity contribution in [2.24, 2.45) is 7.05 Å². The van der Waals surface area contributed by atoms with Crippen LogP contribution in [0.1, 0.15) is 11.6 Å². The molecule has 0 unspecified atom stereocenters. The van der Waals surface area contributed by atoms with Gasteiger partial charge in [0.2, 0.25) is 5.88 Å². The summed E-state index contributed by atoms with van der Waals surface area (Å²) in [4.78, 5) is 16.8. The molecule has 1 N–H and O–H groups in total. The molecule has 3 heterocycles. The summed E-state index contributed by atoms with van der Waals surface area (Å²) >= 11 is 0. The molecule has 3 aromatic heterocycles. The predicted molar refractivity (Wildman–Crippen MR) is 109 cm³/mol. The summed E-state index contributed by atoms with van der Waals surface area (Å²) in [6.07, 6.45) is 6.35. The van der Waals surface area contributed by atoms with Crippen LogP contribution in [0, 0.1) is 13.8 Å². The lowest BCUT2D eigenvalue weighted by molar-refractivity contribution is 0.459. The van der Waals surface area contributed by atoms with Crippen LogP contribution in [0.25, 0.3) is 5.82 Å². The largest absolute Gasteiger partial charge is 0.439 e. The third-order valence-corrected chi connectivity index (χ3v) is 5.42. The summed E-state index contributed by atoms with van der Waals surface area (Å²) in [5.74, 6) is 2.86. The summed E-state index contributed by atoms with van der Waals surface area (Å²) in [7, 11) is -2.06. The molecule has 30 heavy (non-hydrogen) atoms. The number of anilines is 1. The van der Waals surface area contributed by atoms with E-state index in [4.69, 9.17) is 4.74 Å². The summed E-state index contributed by atoms with van der Waals surface area (Å²) < 4.78 is 36.4. The molecular formula is C19H19N7O3S. The van der Waals surface area contributed by atoms with Crippen molar-refractivity contribution >= 4 is 15.7 Å². The van der Waals surface area contributed by atoms with Gasteiger partial charge in [-0.3, -0.25) is 9.29 Å². The quantitative estimate of drug-likeness (QED) is 0.505. The lowest BCUT2D eigenvalue weighted by Crippen LogP contribution is -2.13. The number of aryl methyl sites for hydroxylation is 3. The maximum absolute atomic E-state index is 12.4. The summed E-state index contributed by atoms with van der Waals surface area (Å²) in [6.45, 7) is 3.65. The monoisotopic (exact) mass is 425 g/mol. The van der Waals surface area contributed by atoms with E-state index in [2.05, 4.69) is 24.7 Å². The number of hydrogen-bond donors (Lipinski definition) is 1. The Morgan fingerprint density at radius 1 is 1.07 bits per heavy atom. The van der Waals surface area contributed by atoms with Gasteiger partial charge in [0, 0.05) is 37.4 Å². The van der Waals surface area contributed by atoms with Gasteiger partial charge in [-0.25, -0.2) is 15.0 Å². The van der Waals surface area contributed by atoms with Crippen LogP contribution < -0.4 is 9.46 Å². The molecule has 4 aromatic rings. The van der Waals surface area contributed by atoms with Gasteiger partial charge in [0.15, 0.2) is 5.03 Å². The normalized spacial score (nSPS) is 11.4. The van der Waals surface area contributed by atoms with Crippen LogP contribution >= 0.6 is 0 Å². The van der Waals surface area contributed by atoms with Crippen LogP contribution in [0.4, 0.5) is 5.69 Å². The van der Waals surface area contributed by atoms with E-state index in [-0.39, 0.29) is 5.03 Å². The molecule has 0 fully saturated rings. The summed E-state index contributed by atoms with van der Waals surface area (Å²) in [6, 6.07) is 8.21. The standard InChI is InChI=1S/C19H19N7O3S/c1-13-22-17(26-9-8-20-14(26)2)10-18(23-13)29-16-6-4-15(5-7-16)24-30(27,28)19-11-25(3)12-21-19/h4-12,24H,1-3H3. The lowest BCUT2D eigenvalue weighted by atomic mass is 10.3. The molecule has 1 aromatic carbocycles. The van der Waals surface area contributed by atoms with Crippen molar-refractivity contribution in [2.45, 2.75) is 18.9 Å². The number of nitrogens with one attached hydrogen (secondary N) is 1. The highest BCUT2D eigenvalue weighted by Crippen LogP contribution is 2.24. The maximum atomic E-state index is 12.4. The average molecular weight is 425 g/mol. The molecule has 11 heteroatoms. The number of aromatic nitrogens is 6. The highest BCUT2D eigenvalue weighted by Gasteiger charge is 2.17. The van der Waals surface area contributed by atoms with Crippen LogP contribution in [-0.4, -0.2) is 37.5 Å². The first-order valence-corrected chi connectivity index (χ1v) is 10.4. The van der Waals surface area contributed by atoms with E-state index in [1.807, 2.05) is 17.7 Å². The van der Waals surface area contributed by atoms with E-state index in [1.165, 1.54) is 12.5 Å². The van der Waals surface area contributed by atoms with Crippen molar-refractivity contribution in [1.29, 1.82) is 0 Å². The number of imidazole rings is 2. The fraction of sp³-hybridized carbons (Fsp3) is 0.158. The highest BCUT2D eigenvalue weighted by atomic mass is 32.2. The second kappa shape index (κ2) is 7.59. The van der Waals surface area contributed by atoms with E-state index in [0.717, 1.165) is 5.82 Å². The minimum atomic E-state index is -3.76. The zero-order valence-electron chi connectivity index (χ0n) is 16.5. The Balaban J connectivity index is 1.52. The Morgan fingerprint density at radius 2 is 1.83 bits per heavy atom. The molecule has 154 valence electrons. The van der Waals surface area contributed by atoms with Gasteiger partial charge >= 0.3 is 0 Å². The first-order valence-electron chi connectivity index (χ1n) is 8.95. The van der Waals surface area contributed by atoms with Crippen LogP contribution in [0.2, 0.25) is 0 Å². The SMILES string of the molecule is Cc1nc(Oc2ccc(NS(=O)(=O)c3cn(C)cn3)cc2)cc(-n2ccnc2C)n1. The molecule has 0 bridgehead atoms. The van der Waals surface area contributed by atoms with Crippen LogP contribution in [0.15, 0.2) is 60.3 Å². The Bertz CT molecular complexity index is 1290.